The van der Waals surface area contributed by atoms with Gasteiger partial charge in [-0.3, -0.25) is 14.4 Å². The Morgan fingerprint density at radius 2 is 0.818 bits per heavy atom. The third-order valence-electron chi connectivity index (χ3n) is 13.5. The summed E-state index contributed by atoms with van der Waals surface area (Å²) < 4.78 is 28.4. The van der Waals surface area contributed by atoms with Crippen LogP contribution in [0.25, 0.3) is 0 Å². The molecule has 6 atom stereocenters. The first-order chi connectivity index (χ1) is 37.6. The largest absolute Gasteiger partial charge is 0.479 e. The van der Waals surface area contributed by atoms with Crippen LogP contribution in [-0.4, -0.2) is 89.2 Å². The fourth-order valence-electron chi connectivity index (χ4n) is 8.84. The lowest BCUT2D eigenvalue weighted by Gasteiger charge is -2.40. The molecule has 1 heterocycles. The first-order valence-electron chi connectivity index (χ1n) is 30.6. The van der Waals surface area contributed by atoms with Crippen molar-refractivity contribution in [1.82, 2.24) is 0 Å². The Balaban J connectivity index is 2.68. The van der Waals surface area contributed by atoms with E-state index in [-0.39, 0.29) is 25.9 Å². The molecule has 1 saturated heterocycles. The van der Waals surface area contributed by atoms with Gasteiger partial charge in [-0.15, -0.1) is 0 Å². The summed E-state index contributed by atoms with van der Waals surface area (Å²) in [5, 5.41) is 31.5. The van der Waals surface area contributed by atoms with Gasteiger partial charge in [0.05, 0.1) is 6.61 Å². The highest BCUT2D eigenvalue weighted by Crippen LogP contribution is 2.26. The minimum Gasteiger partial charge on any atom is -0.479 e. The smallest absolute Gasteiger partial charge is 0.335 e. The second-order valence-corrected chi connectivity index (χ2v) is 20.6. The topological polar surface area (TPSA) is 175 Å². The van der Waals surface area contributed by atoms with Gasteiger partial charge in [0.1, 0.15) is 18.8 Å². The Morgan fingerprint density at radius 1 is 0.442 bits per heavy atom. The Hall–Kier alpha value is -4.10. The summed E-state index contributed by atoms with van der Waals surface area (Å²) in [5.74, 6) is -3.15. The zero-order chi connectivity index (χ0) is 56.1. The molecule has 1 aliphatic heterocycles. The maximum absolute atomic E-state index is 13.1. The molecule has 0 spiro atoms. The number of hydrogen-bond donors (Lipinski definition) is 3. The summed E-state index contributed by atoms with van der Waals surface area (Å²) in [5.41, 5.74) is 0. The lowest BCUT2D eigenvalue weighted by molar-refractivity contribution is -0.301. The molecule has 12 nitrogen and oxygen atoms in total. The van der Waals surface area contributed by atoms with Crippen LogP contribution in [0.4, 0.5) is 0 Å². The van der Waals surface area contributed by atoms with Crippen molar-refractivity contribution in [2.24, 2.45) is 0 Å². The van der Waals surface area contributed by atoms with E-state index in [1.54, 1.807) is 0 Å². The van der Waals surface area contributed by atoms with E-state index in [2.05, 4.69) is 106 Å². The summed E-state index contributed by atoms with van der Waals surface area (Å²) in [6, 6.07) is 0. The van der Waals surface area contributed by atoms with Gasteiger partial charge in [0.2, 0.25) is 0 Å². The first kappa shape index (κ1) is 70.9. The second-order valence-electron chi connectivity index (χ2n) is 20.6. The molecule has 1 rings (SSSR count). The van der Waals surface area contributed by atoms with Crippen LogP contribution in [0.5, 0.6) is 0 Å². The van der Waals surface area contributed by atoms with E-state index in [0.29, 0.717) is 19.3 Å². The summed E-state index contributed by atoms with van der Waals surface area (Å²) in [6.07, 6.45) is 55.4. The minimum atomic E-state index is -1.91. The van der Waals surface area contributed by atoms with Crippen LogP contribution in [0.15, 0.2) is 85.1 Å². The van der Waals surface area contributed by atoms with Crippen molar-refractivity contribution in [2.45, 2.75) is 289 Å². The standard InChI is InChI=1S/C65H108O12/c1-4-7-10-13-16-19-22-25-27-28-29-30-32-35-38-41-44-47-50-53-59(68)76-63-61(70)60(69)62(64(71)72)77-65(63)74-55-56(75-58(67)52-49-46-43-40-37-33-24-21-18-15-12-9-6-3)54-73-57(66)51-48-45-42-39-36-34-31-26-23-20-17-14-11-8-5-2/h7-8,10-11,16-17,19-20,25-27,29-31,56,60-63,65,69-70H,4-6,9,12-15,18,21-24,28,32-55H2,1-3H3,(H,71,72)/b10-7-,11-8-,19-16-,20-17-,27-25-,30-29-,31-26-. The van der Waals surface area contributed by atoms with Crippen LogP contribution < -0.4 is 0 Å². The van der Waals surface area contributed by atoms with E-state index >= 15 is 0 Å². The van der Waals surface area contributed by atoms with Crippen molar-refractivity contribution in [3.8, 4) is 0 Å². The SMILES string of the molecule is CC/C=C\C/C=C\C/C=C\C/C=C\CCCCCCCCC(=O)OC1C(OCC(COC(=O)CCCCCCC/C=C\C/C=C\C/C=C\CC)OC(=O)CCCCCCCCCCCCCCC)OC(C(=O)O)C(O)C1O. The van der Waals surface area contributed by atoms with Crippen molar-refractivity contribution < 1.29 is 58.2 Å². The molecule has 77 heavy (non-hydrogen) atoms. The molecule has 3 N–H and O–H groups in total. The Labute approximate surface area is 467 Å². The molecule has 1 fully saturated rings. The van der Waals surface area contributed by atoms with Gasteiger partial charge in [0, 0.05) is 19.3 Å². The van der Waals surface area contributed by atoms with Crippen LogP contribution in [0, 0.1) is 0 Å². The van der Waals surface area contributed by atoms with Gasteiger partial charge in [0.15, 0.2) is 24.6 Å². The maximum atomic E-state index is 13.1. The third kappa shape index (κ3) is 42.5. The number of hydrogen-bond acceptors (Lipinski definition) is 11. The average Bonchev–Trinajstić information content (AvgIpc) is 3.42. The zero-order valence-electron chi connectivity index (χ0n) is 48.4. The van der Waals surface area contributed by atoms with E-state index in [0.717, 1.165) is 135 Å². The minimum absolute atomic E-state index is 0.0406. The molecule has 6 unspecified atom stereocenters. The normalized spacial score (nSPS) is 18.6. The van der Waals surface area contributed by atoms with Crippen molar-refractivity contribution in [2.75, 3.05) is 13.2 Å². The molecule has 0 radical (unpaired) electrons. The predicted octanol–water partition coefficient (Wildman–Crippen LogP) is 15.9. The number of rotatable bonds is 51. The van der Waals surface area contributed by atoms with E-state index in [9.17, 15) is 34.5 Å². The molecule has 0 bridgehead atoms. The van der Waals surface area contributed by atoms with Gasteiger partial charge in [-0.2, -0.15) is 0 Å². The van der Waals surface area contributed by atoms with Crippen molar-refractivity contribution in [3.05, 3.63) is 85.1 Å². The predicted molar refractivity (Wildman–Crippen MR) is 312 cm³/mol. The molecule has 0 aromatic heterocycles. The quantitative estimate of drug-likeness (QED) is 0.0228. The van der Waals surface area contributed by atoms with Gasteiger partial charge >= 0.3 is 23.9 Å². The molecule has 0 aromatic carbocycles. The zero-order valence-corrected chi connectivity index (χ0v) is 48.4. The number of carboxylic acid groups (broad SMARTS) is 1. The van der Waals surface area contributed by atoms with E-state index in [1.807, 2.05) is 0 Å². The summed E-state index contributed by atoms with van der Waals surface area (Å²) >= 11 is 0. The highest BCUT2D eigenvalue weighted by atomic mass is 16.7. The number of esters is 3. The number of allylic oxidation sites excluding steroid dienone is 14. The van der Waals surface area contributed by atoms with Crippen LogP contribution in [0.2, 0.25) is 0 Å². The highest BCUT2D eigenvalue weighted by Gasteiger charge is 2.50. The van der Waals surface area contributed by atoms with Gasteiger partial charge in [0.25, 0.3) is 0 Å². The second kappa shape index (κ2) is 52.6. The maximum Gasteiger partial charge on any atom is 0.335 e. The highest BCUT2D eigenvalue weighted by molar-refractivity contribution is 5.74. The number of unbranched alkanes of at least 4 members (excludes halogenated alkanes) is 23. The lowest BCUT2D eigenvalue weighted by atomic mass is 9.98. The van der Waals surface area contributed by atoms with Gasteiger partial charge in [-0.05, 0) is 89.9 Å². The first-order valence-corrected chi connectivity index (χ1v) is 30.6. The molecule has 12 heteroatoms. The average molecular weight is 1080 g/mol. The van der Waals surface area contributed by atoms with Crippen molar-refractivity contribution in [3.63, 3.8) is 0 Å². The summed E-state index contributed by atoms with van der Waals surface area (Å²) in [7, 11) is 0. The van der Waals surface area contributed by atoms with Crippen molar-refractivity contribution >= 4 is 23.9 Å². The number of carbonyl (C=O) groups excluding carboxylic acids is 3. The molecule has 0 saturated carbocycles. The number of carbonyl (C=O) groups is 4. The van der Waals surface area contributed by atoms with Crippen LogP contribution >= 0.6 is 0 Å². The monoisotopic (exact) mass is 1080 g/mol. The molecular formula is C65H108O12. The van der Waals surface area contributed by atoms with Crippen molar-refractivity contribution in [1.29, 1.82) is 0 Å². The van der Waals surface area contributed by atoms with Gasteiger partial charge in [-0.25, -0.2) is 4.79 Å². The Morgan fingerprint density at radius 3 is 1.25 bits per heavy atom. The van der Waals surface area contributed by atoms with E-state index in [4.69, 9.17) is 23.7 Å². The number of aliphatic carboxylic acids is 1. The number of aliphatic hydroxyl groups is 2. The number of ether oxygens (including phenoxy) is 5. The van der Waals surface area contributed by atoms with Gasteiger partial charge < -0.3 is 39.0 Å². The summed E-state index contributed by atoms with van der Waals surface area (Å²) in [6.45, 7) is 5.76. The lowest BCUT2D eigenvalue weighted by Crippen LogP contribution is -2.61. The Kier molecular flexibility index (Phi) is 48.4. The van der Waals surface area contributed by atoms with E-state index < -0.39 is 67.3 Å². The molecule has 1 aliphatic rings. The molecule has 0 amide bonds. The van der Waals surface area contributed by atoms with Crippen LogP contribution in [0.1, 0.15) is 252 Å². The van der Waals surface area contributed by atoms with E-state index in [1.165, 1.54) is 57.8 Å². The molecule has 0 aliphatic carbocycles. The Bertz CT molecular complexity index is 1660. The number of carboxylic acids is 1. The third-order valence-corrected chi connectivity index (χ3v) is 13.5. The van der Waals surface area contributed by atoms with Gasteiger partial charge in [-0.1, -0.05) is 228 Å². The molecule has 0 aromatic rings. The fraction of sp³-hybridized carbons (Fsp3) is 0.723. The van der Waals surface area contributed by atoms with Crippen LogP contribution in [0.3, 0.4) is 0 Å². The number of aliphatic hydroxyl groups excluding tert-OH is 2. The summed E-state index contributed by atoms with van der Waals surface area (Å²) in [4.78, 5) is 51.2. The fourth-order valence-corrected chi connectivity index (χ4v) is 8.84. The molecular weight excluding hydrogens is 973 g/mol. The van der Waals surface area contributed by atoms with Crippen LogP contribution in [-0.2, 0) is 42.9 Å². The molecule has 440 valence electrons.